The van der Waals surface area contributed by atoms with Crippen molar-refractivity contribution in [2.24, 2.45) is 0 Å². The van der Waals surface area contributed by atoms with Crippen molar-refractivity contribution in [3.63, 3.8) is 0 Å². The number of hydroxylamine groups is 1. The summed E-state index contributed by atoms with van der Waals surface area (Å²) in [5.74, 6) is 6.92. The summed E-state index contributed by atoms with van der Waals surface area (Å²) in [6.07, 6.45) is 4.68. The summed E-state index contributed by atoms with van der Waals surface area (Å²) in [6.45, 7) is 5.90. The summed E-state index contributed by atoms with van der Waals surface area (Å²) in [7, 11) is 0. The summed E-state index contributed by atoms with van der Waals surface area (Å²) >= 11 is 1.68. The standard InChI is InChI=1S/C26H26N2O3S/c1-4-6-18-15-19(9-12-24(18)31-17(2)3)26-27-16-25(32-26)22-8-5-7-21-20(22)10-11-23(21)28-30-14-13-29/h5,7-9,12-13,15-17,23,28H,10-11,14H2,1-3H3. The van der Waals surface area contributed by atoms with E-state index in [0.717, 1.165) is 45.9 Å². The topological polar surface area (TPSA) is 60.5 Å². The Balaban J connectivity index is 1.62. The largest absolute Gasteiger partial charge is 0.490 e. The predicted molar refractivity (Wildman–Crippen MR) is 128 cm³/mol. The summed E-state index contributed by atoms with van der Waals surface area (Å²) in [4.78, 5) is 21.6. The predicted octanol–water partition coefficient (Wildman–Crippen LogP) is 5.34. The van der Waals surface area contributed by atoms with E-state index in [4.69, 9.17) is 14.6 Å². The quantitative estimate of drug-likeness (QED) is 0.219. The first-order chi connectivity index (χ1) is 15.6. The monoisotopic (exact) mass is 446 g/mol. The molecule has 1 atom stereocenters. The SMILES string of the molecule is CC#Cc1cc(-c2ncc(-c3cccc4c3CCC4NOCC=O)s2)ccc1OC(C)C. The fourth-order valence-electron chi connectivity index (χ4n) is 3.97. The van der Waals surface area contributed by atoms with Gasteiger partial charge in [-0.1, -0.05) is 24.1 Å². The van der Waals surface area contributed by atoms with Crippen LogP contribution < -0.4 is 10.2 Å². The van der Waals surface area contributed by atoms with Crippen LogP contribution in [0.25, 0.3) is 21.0 Å². The maximum atomic E-state index is 10.5. The van der Waals surface area contributed by atoms with Crippen LogP contribution in [0.15, 0.2) is 42.6 Å². The summed E-state index contributed by atoms with van der Waals surface area (Å²) in [5, 5.41) is 0.954. The average molecular weight is 447 g/mol. The van der Waals surface area contributed by atoms with Gasteiger partial charge in [-0.15, -0.1) is 17.3 Å². The van der Waals surface area contributed by atoms with E-state index >= 15 is 0 Å². The highest BCUT2D eigenvalue weighted by Crippen LogP contribution is 2.41. The zero-order chi connectivity index (χ0) is 22.5. The van der Waals surface area contributed by atoms with Gasteiger partial charge in [0.25, 0.3) is 0 Å². The van der Waals surface area contributed by atoms with E-state index in [9.17, 15) is 4.79 Å². The van der Waals surface area contributed by atoms with Crippen LogP contribution in [0.3, 0.4) is 0 Å². The van der Waals surface area contributed by atoms with E-state index in [0.29, 0.717) is 0 Å². The minimum atomic E-state index is 0.0507. The number of benzene rings is 2. The van der Waals surface area contributed by atoms with Gasteiger partial charge >= 0.3 is 0 Å². The maximum Gasteiger partial charge on any atom is 0.147 e. The molecule has 1 aromatic heterocycles. The number of hydrogen-bond acceptors (Lipinski definition) is 6. The van der Waals surface area contributed by atoms with E-state index in [2.05, 4.69) is 41.6 Å². The summed E-state index contributed by atoms with van der Waals surface area (Å²) in [6, 6.07) is 12.5. The second-order valence-electron chi connectivity index (χ2n) is 7.84. The van der Waals surface area contributed by atoms with E-state index in [-0.39, 0.29) is 18.8 Å². The third kappa shape index (κ3) is 4.76. The highest BCUT2D eigenvalue weighted by molar-refractivity contribution is 7.18. The van der Waals surface area contributed by atoms with Crippen molar-refractivity contribution in [3.05, 3.63) is 59.3 Å². The van der Waals surface area contributed by atoms with Crippen molar-refractivity contribution in [2.45, 2.75) is 45.8 Å². The van der Waals surface area contributed by atoms with Gasteiger partial charge in [-0.25, -0.2) is 4.98 Å². The van der Waals surface area contributed by atoms with Crippen LogP contribution in [0, 0.1) is 11.8 Å². The van der Waals surface area contributed by atoms with E-state index in [1.807, 2.05) is 39.1 Å². The summed E-state index contributed by atoms with van der Waals surface area (Å²) in [5.41, 5.74) is 8.67. The number of thiazole rings is 1. The zero-order valence-corrected chi connectivity index (χ0v) is 19.3. The lowest BCUT2D eigenvalue weighted by Crippen LogP contribution is -2.20. The molecule has 6 heteroatoms. The zero-order valence-electron chi connectivity index (χ0n) is 18.5. The molecule has 0 saturated heterocycles. The Labute approximate surface area is 192 Å². The number of carbonyl (C=O) groups is 1. The molecule has 1 aliphatic carbocycles. The molecule has 0 radical (unpaired) electrons. The lowest BCUT2D eigenvalue weighted by atomic mass is 10.0. The van der Waals surface area contributed by atoms with Gasteiger partial charge in [0, 0.05) is 11.8 Å². The Morgan fingerprint density at radius 2 is 2.19 bits per heavy atom. The lowest BCUT2D eigenvalue weighted by molar-refractivity contribution is -0.115. The van der Waals surface area contributed by atoms with Crippen molar-refractivity contribution in [1.82, 2.24) is 10.5 Å². The first kappa shape index (κ1) is 22.2. The van der Waals surface area contributed by atoms with Gasteiger partial charge in [0.1, 0.15) is 23.7 Å². The fraction of sp³-hybridized carbons (Fsp3) is 0.308. The average Bonchev–Trinajstić information content (AvgIpc) is 3.43. The molecule has 0 spiro atoms. The van der Waals surface area contributed by atoms with Crippen LogP contribution in [-0.2, 0) is 16.1 Å². The van der Waals surface area contributed by atoms with Crippen molar-refractivity contribution >= 4 is 17.6 Å². The van der Waals surface area contributed by atoms with Gasteiger partial charge in [0.05, 0.1) is 22.6 Å². The molecule has 1 aliphatic rings. The fourth-order valence-corrected chi connectivity index (χ4v) is 4.94. The number of fused-ring (bicyclic) bond motifs is 1. The van der Waals surface area contributed by atoms with Crippen LogP contribution in [0.4, 0.5) is 0 Å². The van der Waals surface area contributed by atoms with E-state index in [1.165, 1.54) is 16.7 Å². The molecule has 0 fully saturated rings. The van der Waals surface area contributed by atoms with Gasteiger partial charge in [-0.2, -0.15) is 5.48 Å². The number of carbonyl (C=O) groups excluding carboxylic acids is 1. The first-order valence-electron chi connectivity index (χ1n) is 10.7. The van der Waals surface area contributed by atoms with Gasteiger partial charge < -0.3 is 9.53 Å². The highest BCUT2D eigenvalue weighted by Gasteiger charge is 2.25. The minimum absolute atomic E-state index is 0.0507. The number of nitrogens with one attached hydrogen (secondary N) is 1. The van der Waals surface area contributed by atoms with Gasteiger partial charge in [0.2, 0.25) is 0 Å². The molecule has 1 unspecified atom stereocenters. The summed E-state index contributed by atoms with van der Waals surface area (Å²) < 4.78 is 5.90. The molecule has 0 bridgehead atoms. The molecule has 0 saturated carbocycles. The first-order valence-corrected chi connectivity index (χ1v) is 11.5. The molecule has 2 aromatic carbocycles. The molecule has 0 amide bonds. The molecule has 0 aliphatic heterocycles. The smallest absolute Gasteiger partial charge is 0.147 e. The van der Waals surface area contributed by atoms with Gasteiger partial charge in [-0.3, -0.25) is 4.84 Å². The molecule has 164 valence electrons. The molecule has 3 aromatic rings. The Bertz CT molecular complexity index is 1170. The second-order valence-corrected chi connectivity index (χ2v) is 8.87. The van der Waals surface area contributed by atoms with Crippen molar-refractivity contribution in [3.8, 4) is 38.6 Å². The molecular formula is C26H26N2O3S. The molecule has 5 nitrogen and oxygen atoms in total. The maximum absolute atomic E-state index is 10.5. The number of hydrogen-bond donors (Lipinski definition) is 1. The highest BCUT2D eigenvalue weighted by atomic mass is 32.1. The number of rotatable bonds is 8. The minimum Gasteiger partial charge on any atom is -0.490 e. The van der Waals surface area contributed by atoms with Crippen LogP contribution in [-0.4, -0.2) is 24.0 Å². The van der Waals surface area contributed by atoms with Gasteiger partial charge in [-0.05, 0) is 68.5 Å². The van der Waals surface area contributed by atoms with Crippen molar-refractivity contribution in [1.29, 1.82) is 0 Å². The third-order valence-electron chi connectivity index (χ3n) is 5.27. The second kappa shape index (κ2) is 10.1. The van der Waals surface area contributed by atoms with E-state index in [1.54, 1.807) is 11.3 Å². The Morgan fingerprint density at radius 1 is 1.31 bits per heavy atom. The van der Waals surface area contributed by atoms with Crippen LogP contribution in [0.2, 0.25) is 0 Å². The molecule has 1 heterocycles. The van der Waals surface area contributed by atoms with Crippen LogP contribution in [0.1, 0.15) is 49.9 Å². The normalized spacial score (nSPS) is 14.7. The van der Waals surface area contributed by atoms with Crippen LogP contribution in [0.5, 0.6) is 5.75 Å². The Kier molecular flexibility index (Phi) is 7.01. The van der Waals surface area contributed by atoms with Crippen molar-refractivity contribution in [2.75, 3.05) is 6.61 Å². The number of aromatic nitrogens is 1. The molecule has 4 rings (SSSR count). The lowest BCUT2D eigenvalue weighted by Gasteiger charge is -2.13. The molecule has 32 heavy (non-hydrogen) atoms. The molecular weight excluding hydrogens is 420 g/mol. The number of ether oxygens (including phenoxy) is 1. The van der Waals surface area contributed by atoms with Crippen LogP contribution >= 0.6 is 11.3 Å². The molecule has 1 N–H and O–H groups in total. The number of aldehydes is 1. The van der Waals surface area contributed by atoms with E-state index < -0.39 is 0 Å². The Morgan fingerprint density at radius 3 is 2.97 bits per heavy atom. The Hall–Kier alpha value is -2.98. The third-order valence-corrected chi connectivity index (χ3v) is 6.35. The van der Waals surface area contributed by atoms with Crippen molar-refractivity contribution < 1.29 is 14.4 Å². The number of nitrogens with zero attached hydrogens (tertiary/aromatic N) is 1. The van der Waals surface area contributed by atoms with Gasteiger partial charge in [0.15, 0.2) is 0 Å².